The predicted molar refractivity (Wildman–Crippen MR) is 51.9 cm³/mol. The van der Waals surface area contributed by atoms with E-state index in [0.717, 1.165) is 18.6 Å². The molecule has 0 amide bonds. The van der Waals surface area contributed by atoms with Crippen molar-refractivity contribution >= 4 is 11.8 Å². The lowest BCUT2D eigenvalue weighted by Crippen LogP contribution is -2.16. The zero-order chi connectivity index (χ0) is 8.69. The van der Waals surface area contributed by atoms with Crippen molar-refractivity contribution in [1.29, 1.82) is 0 Å². The van der Waals surface area contributed by atoms with Crippen molar-refractivity contribution in [2.75, 3.05) is 12.4 Å². The highest BCUT2D eigenvalue weighted by Gasteiger charge is 2.01. The Labute approximate surface area is 73.6 Å². The SMILES string of the molecule is CC(N)CCSC(C)CCO. The summed E-state index contributed by atoms with van der Waals surface area (Å²) in [6, 6.07) is 0.309. The van der Waals surface area contributed by atoms with Gasteiger partial charge in [0.15, 0.2) is 0 Å². The van der Waals surface area contributed by atoms with Gasteiger partial charge in [0.25, 0.3) is 0 Å². The Hall–Kier alpha value is 0.270. The topological polar surface area (TPSA) is 46.2 Å². The summed E-state index contributed by atoms with van der Waals surface area (Å²) in [5.74, 6) is 1.11. The van der Waals surface area contributed by atoms with Gasteiger partial charge in [-0.15, -0.1) is 0 Å². The molecule has 3 N–H and O–H groups in total. The molecular weight excluding hydrogens is 158 g/mol. The predicted octanol–water partition coefficient (Wildman–Crippen LogP) is 1.23. The van der Waals surface area contributed by atoms with Crippen LogP contribution in [-0.2, 0) is 0 Å². The fourth-order valence-corrected chi connectivity index (χ4v) is 1.90. The lowest BCUT2D eigenvalue weighted by molar-refractivity contribution is 0.289. The molecule has 0 fully saturated rings. The van der Waals surface area contributed by atoms with Gasteiger partial charge >= 0.3 is 0 Å². The van der Waals surface area contributed by atoms with Crippen molar-refractivity contribution in [2.24, 2.45) is 5.73 Å². The third kappa shape index (κ3) is 8.17. The van der Waals surface area contributed by atoms with E-state index in [2.05, 4.69) is 6.92 Å². The second-order valence-electron chi connectivity index (χ2n) is 2.96. The average Bonchev–Trinajstić information content (AvgIpc) is 1.87. The summed E-state index contributed by atoms with van der Waals surface area (Å²) in [4.78, 5) is 0. The van der Waals surface area contributed by atoms with E-state index in [-0.39, 0.29) is 0 Å². The van der Waals surface area contributed by atoms with Gasteiger partial charge in [-0.2, -0.15) is 11.8 Å². The van der Waals surface area contributed by atoms with Crippen molar-refractivity contribution in [1.82, 2.24) is 0 Å². The van der Waals surface area contributed by atoms with Crippen molar-refractivity contribution in [3.8, 4) is 0 Å². The number of nitrogens with two attached hydrogens (primary N) is 1. The van der Waals surface area contributed by atoms with Crippen LogP contribution in [0.4, 0.5) is 0 Å². The van der Waals surface area contributed by atoms with Crippen LogP contribution in [0, 0.1) is 0 Å². The number of aliphatic hydroxyl groups is 1. The van der Waals surface area contributed by atoms with E-state index in [9.17, 15) is 0 Å². The smallest absolute Gasteiger partial charge is 0.0441 e. The number of hydrogen-bond donors (Lipinski definition) is 2. The van der Waals surface area contributed by atoms with Crippen LogP contribution >= 0.6 is 11.8 Å². The first-order valence-electron chi connectivity index (χ1n) is 4.15. The number of thioether (sulfide) groups is 1. The van der Waals surface area contributed by atoms with Gasteiger partial charge in [-0.05, 0) is 25.5 Å². The van der Waals surface area contributed by atoms with Crippen LogP contribution in [0.3, 0.4) is 0 Å². The minimum atomic E-state index is 0.298. The molecule has 2 unspecified atom stereocenters. The highest BCUT2D eigenvalue weighted by atomic mass is 32.2. The molecule has 0 aromatic rings. The fraction of sp³-hybridized carbons (Fsp3) is 1.00. The van der Waals surface area contributed by atoms with Crippen LogP contribution in [0.25, 0.3) is 0 Å². The van der Waals surface area contributed by atoms with Crippen LogP contribution in [0.2, 0.25) is 0 Å². The number of hydrogen-bond acceptors (Lipinski definition) is 3. The zero-order valence-corrected chi connectivity index (χ0v) is 8.23. The normalized spacial score (nSPS) is 16.4. The van der Waals surface area contributed by atoms with Crippen LogP contribution in [0.1, 0.15) is 26.7 Å². The highest BCUT2D eigenvalue weighted by Crippen LogP contribution is 2.14. The van der Waals surface area contributed by atoms with E-state index in [0.29, 0.717) is 17.9 Å². The molecular formula is C8H19NOS. The van der Waals surface area contributed by atoms with Crippen LogP contribution in [0.15, 0.2) is 0 Å². The van der Waals surface area contributed by atoms with Crippen LogP contribution in [-0.4, -0.2) is 28.8 Å². The minimum absolute atomic E-state index is 0.298. The lowest BCUT2D eigenvalue weighted by Gasteiger charge is -2.09. The summed E-state index contributed by atoms with van der Waals surface area (Å²) in [5, 5.41) is 9.18. The molecule has 2 atom stereocenters. The third-order valence-corrected chi connectivity index (χ3v) is 2.79. The molecule has 0 saturated heterocycles. The maximum Gasteiger partial charge on any atom is 0.0441 e. The summed E-state index contributed by atoms with van der Waals surface area (Å²) >= 11 is 1.89. The Balaban J connectivity index is 3.10. The first kappa shape index (κ1) is 11.3. The molecule has 0 spiro atoms. The first-order valence-corrected chi connectivity index (χ1v) is 5.19. The van der Waals surface area contributed by atoms with E-state index < -0.39 is 0 Å². The summed E-state index contributed by atoms with van der Waals surface area (Å²) in [7, 11) is 0. The van der Waals surface area contributed by atoms with Gasteiger partial charge in [-0.3, -0.25) is 0 Å². The molecule has 0 aromatic carbocycles. The highest BCUT2D eigenvalue weighted by molar-refractivity contribution is 7.99. The largest absolute Gasteiger partial charge is 0.396 e. The van der Waals surface area contributed by atoms with Gasteiger partial charge in [0.05, 0.1) is 0 Å². The minimum Gasteiger partial charge on any atom is -0.396 e. The molecule has 0 radical (unpaired) electrons. The van der Waals surface area contributed by atoms with Crippen molar-refractivity contribution in [2.45, 2.75) is 38.0 Å². The number of rotatable bonds is 6. The van der Waals surface area contributed by atoms with Gasteiger partial charge in [0.2, 0.25) is 0 Å². The Morgan fingerprint density at radius 1 is 1.36 bits per heavy atom. The standard InChI is InChI=1S/C8H19NOS/c1-7(9)4-6-11-8(2)3-5-10/h7-8,10H,3-6,9H2,1-2H3. The molecule has 0 saturated carbocycles. The van der Waals surface area contributed by atoms with Crippen molar-refractivity contribution in [3.05, 3.63) is 0 Å². The van der Waals surface area contributed by atoms with Crippen LogP contribution in [0.5, 0.6) is 0 Å². The Kier molecular flexibility index (Phi) is 7.12. The van der Waals surface area contributed by atoms with E-state index in [1.807, 2.05) is 18.7 Å². The third-order valence-electron chi connectivity index (χ3n) is 1.51. The van der Waals surface area contributed by atoms with E-state index in [4.69, 9.17) is 10.8 Å². The van der Waals surface area contributed by atoms with Crippen molar-refractivity contribution in [3.63, 3.8) is 0 Å². The zero-order valence-electron chi connectivity index (χ0n) is 7.42. The average molecular weight is 177 g/mol. The summed E-state index contributed by atoms with van der Waals surface area (Å²) in [6.45, 7) is 4.46. The first-order chi connectivity index (χ1) is 5.16. The maximum absolute atomic E-state index is 8.61. The van der Waals surface area contributed by atoms with Crippen LogP contribution < -0.4 is 5.73 Å². The molecule has 0 aromatic heterocycles. The Bertz CT molecular complexity index is 88.2. The summed E-state index contributed by atoms with van der Waals surface area (Å²) in [5.41, 5.74) is 5.59. The quantitative estimate of drug-likeness (QED) is 0.641. The van der Waals surface area contributed by atoms with E-state index in [1.165, 1.54) is 0 Å². The monoisotopic (exact) mass is 177 g/mol. The maximum atomic E-state index is 8.61. The second-order valence-corrected chi connectivity index (χ2v) is 4.51. The molecule has 0 heterocycles. The molecule has 0 aliphatic rings. The van der Waals surface area contributed by atoms with Gasteiger partial charge in [0.1, 0.15) is 0 Å². The molecule has 68 valence electrons. The molecule has 2 nitrogen and oxygen atoms in total. The van der Waals surface area contributed by atoms with Gasteiger partial charge < -0.3 is 10.8 Å². The number of aliphatic hydroxyl groups excluding tert-OH is 1. The van der Waals surface area contributed by atoms with E-state index >= 15 is 0 Å². The second kappa shape index (κ2) is 6.95. The van der Waals surface area contributed by atoms with E-state index in [1.54, 1.807) is 0 Å². The molecule has 0 bridgehead atoms. The summed E-state index contributed by atoms with van der Waals surface area (Å²) in [6.07, 6.45) is 1.96. The molecule has 11 heavy (non-hydrogen) atoms. The van der Waals surface area contributed by atoms with Gasteiger partial charge in [-0.25, -0.2) is 0 Å². The van der Waals surface area contributed by atoms with Crippen molar-refractivity contribution < 1.29 is 5.11 Å². The van der Waals surface area contributed by atoms with Gasteiger partial charge in [-0.1, -0.05) is 6.92 Å². The molecule has 0 aliphatic carbocycles. The Morgan fingerprint density at radius 3 is 2.45 bits per heavy atom. The van der Waals surface area contributed by atoms with Gasteiger partial charge in [0, 0.05) is 17.9 Å². The molecule has 3 heteroatoms. The molecule has 0 aliphatic heterocycles. The lowest BCUT2D eigenvalue weighted by atomic mass is 10.3. The fourth-order valence-electron chi connectivity index (χ4n) is 0.720. The molecule has 0 rings (SSSR count). The summed E-state index contributed by atoms with van der Waals surface area (Å²) < 4.78 is 0. The Morgan fingerprint density at radius 2 is 2.00 bits per heavy atom.